The number of aliphatic hydroxyl groups excluding tert-OH is 1. The summed E-state index contributed by atoms with van der Waals surface area (Å²) in [4.78, 5) is 25.0. The molecule has 0 saturated carbocycles. The van der Waals surface area contributed by atoms with E-state index in [1.807, 2.05) is 13.8 Å². The molecule has 4 atom stereocenters. The lowest BCUT2D eigenvalue weighted by molar-refractivity contribution is -0.134. The Hall–Kier alpha value is -1.77. The molecule has 2 aliphatic rings. The number of Topliss-reactive ketones (excluding diaryl/α,β-unsaturated/α-hetero) is 1. The predicted molar refractivity (Wildman–Crippen MR) is 76.1 cm³/mol. The molecule has 1 unspecified atom stereocenters. The Balaban J connectivity index is 2.28. The summed E-state index contributed by atoms with van der Waals surface area (Å²) in [5.74, 6) is -0.818. The summed E-state index contributed by atoms with van der Waals surface area (Å²) in [6.07, 6.45) is 1.52. The number of urea groups is 1. The third kappa shape index (κ3) is 2.90. The first-order valence-corrected chi connectivity index (χ1v) is 7.00. The highest BCUT2D eigenvalue weighted by atomic mass is 19.1. The average Bonchev–Trinajstić information content (AvgIpc) is 2.71. The van der Waals surface area contributed by atoms with Gasteiger partial charge in [0.05, 0.1) is 12.8 Å². The Bertz CT molecular complexity index is 522. The number of ketones is 1. The van der Waals surface area contributed by atoms with E-state index in [4.69, 9.17) is 10.5 Å². The molecule has 0 radical (unpaired) electrons. The number of amides is 2. The van der Waals surface area contributed by atoms with Crippen molar-refractivity contribution in [2.75, 3.05) is 6.61 Å². The summed E-state index contributed by atoms with van der Waals surface area (Å²) in [5, 5.41) is 11.9. The number of aliphatic hydroxyl groups is 1. The summed E-state index contributed by atoms with van der Waals surface area (Å²) < 4.78 is 19.8. The van der Waals surface area contributed by atoms with Crippen LogP contribution in [0.25, 0.3) is 0 Å². The van der Waals surface area contributed by atoms with Crippen LogP contribution in [0.5, 0.6) is 0 Å². The highest BCUT2D eigenvalue weighted by molar-refractivity contribution is 5.96. The van der Waals surface area contributed by atoms with Crippen molar-refractivity contribution in [3.05, 3.63) is 24.4 Å². The lowest BCUT2D eigenvalue weighted by Gasteiger charge is -2.31. The lowest BCUT2D eigenvalue weighted by Crippen LogP contribution is -2.54. The van der Waals surface area contributed by atoms with Gasteiger partial charge in [-0.05, 0) is 18.1 Å². The SMILES string of the molecule is CC(C)/C=C/[C@]1(CO)O[C@@H](N2C=CC(N)NC2=O)[C@H](F)C1=O. The first-order valence-electron chi connectivity index (χ1n) is 7.00. The van der Waals surface area contributed by atoms with Gasteiger partial charge in [-0.2, -0.15) is 0 Å². The van der Waals surface area contributed by atoms with Crippen LogP contribution >= 0.6 is 0 Å². The monoisotopic (exact) mass is 313 g/mol. The number of nitrogens with two attached hydrogens (primary N) is 1. The second-order valence-electron chi connectivity index (χ2n) is 5.65. The van der Waals surface area contributed by atoms with Crippen LogP contribution in [0.15, 0.2) is 24.4 Å². The van der Waals surface area contributed by atoms with Gasteiger partial charge in [0.1, 0.15) is 0 Å². The summed E-state index contributed by atoms with van der Waals surface area (Å²) >= 11 is 0. The smallest absolute Gasteiger partial charge is 0.325 e. The summed E-state index contributed by atoms with van der Waals surface area (Å²) in [5.41, 5.74) is 3.73. The number of alkyl halides is 1. The fourth-order valence-corrected chi connectivity index (χ4v) is 2.25. The molecule has 0 spiro atoms. The van der Waals surface area contributed by atoms with Crippen LogP contribution in [0.4, 0.5) is 9.18 Å². The van der Waals surface area contributed by atoms with Crippen molar-refractivity contribution in [2.24, 2.45) is 11.7 Å². The van der Waals surface area contributed by atoms with E-state index in [0.29, 0.717) is 0 Å². The molecule has 0 aromatic heterocycles. The maximum atomic E-state index is 14.3. The van der Waals surface area contributed by atoms with Crippen molar-refractivity contribution < 1.29 is 23.8 Å². The highest BCUT2D eigenvalue weighted by Gasteiger charge is 2.56. The van der Waals surface area contributed by atoms with Gasteiger partial charge in [0.15, 0.2) is 11.8 Å². The molecular weight excluding hydrogens is 293 g/mol. The third-order valence-corrected chi connectivity index (χ3v) is 3.49. The van der Waals surface area contributed by atoms with E-state index in [-0.39, 0.29) is 5.92 Å². The number of ether oxygens (including phenoxy) is 1. The summed E-state index contributed by atoms with van der Waals surface area (Å²) in [6, 6.07) is -0.669. The van der Waals surface area contributed by atoms with Gasteiger partial charge < -0.3 is 20.9 Å². The van der Waals surface area contributed by atoms with Gasteiger partial charge in [0, 0.05) is 6.20 Å². The molecule has 2 rings (SSSR count). The Morgan fingerprint density at radius 2 is 2.27 bits per heavy atom. The number of halogens is 1. The van der Waals surface area contributed by atoms with Crippen LogP contribution in [0, 0.1) is 5.92 Å². The third-order valence-electron chi connectivity index (χ3n) is 3.49. The van der Waals surface area contributed by atoms with E-state index in [2.05, 4.69) is 5.32 Å². The predicted octanol–water partition coefficient (Wildman–Crippen LogP) is 0.0169. The maximum absolute atomic E-state index is 14.3. The molecule has 0 aromatic carbocycles. The molecule has 1 fully saturated rings. The van der Waals surface area contributed by atoms with Gasteiger partial charge in [-0.1, -0.05) is 19.9 Å². The number of hydrogen-bond acceptors (Lipinski definition) is 5. The molecule has 122 valence electrons. The minimum atomic E-state index is -2.06. The molecule has 0 aliphatic carbocycles. The van der Waals surface area contributed by atoms with Gasteiger partial charge in [0.25, 0.3) is 0 Å². The highest BCUT2D eigenvalue weighted by Crippen LogP contribution is 2.33. The van der Waals surface area contributed by atoms with Crippen LogP contribution in [0.2, 0.25) is 0 Å². The molecule has 2 heterocycles. The molecule has 22 heavy (non-hydrogen) atoms. The van der Waals surface area contributed by atoms with Crippen LogP contribution in [0.3, 0.4) is 0 Å². The van der Waals surface area contributed by atoms with Crippen LogP contribution < -0.4 is 11.1 Å². The van der Waals surface area contributed by atoms with E-state index in [1.165, 1.54) is 18.4 Å². The number of nitrogens with zero attached hydrogens (tertiary/aromatic N) is 1. The Kier molecular flexibility index (Phi) is 4.64. The fourth-order valence-electron chi connectivity index (χ4n) is 2.25. The van der Waals surface area contributed by atoms with Crippen LogP contribution in [0.1, 0.15) is 13.8 Å². The fraction of sp³-hybridized carbons (Fsp3) is 0.571. The van der Waals surface area contributed by atoms with Crippen molar-refractivity contribution in [3.63, 3.8) is 0 Å². The zero-order chi connectivity index (χ0) is 16.5. The van der Waals surface area contributed by atoms with Crippen molar-refractivity contribution in [1.82, 2.24) is 10.2 Å². The zero-order valence-corrected chi connectivity index (χ0v) is 12.4. The van der Waals surface area contributed by atoms with Gasteiger partial charge in [-0.15, -0.1) is 0 Å². The molecule has 0 aromatic rings. The number of rotatable bonds is 4. The van der Waals surface area contributed by atoms with Gasteiger partial charge >= 0.3 is 6.03 Å². The van der Waals surface area contributed by atoms with E-state index >= 15 is 0 Å². The van der Waals surface area contributed by atoms with Crippen molar-refractivity contribution >= 4 is 11.8 Å². The second kappa shape index (κ2) is 6.15. The minimum absolute atomic E-state index is 0.0908. The molecular formula is C14H20FN3O4. The van der Waals surface area contributed by atoms with E-state index < -0.39 is 42.6 Å². The number of carbonyl (C=O) groups excluding carboxylic acids is 2. The van der Waals surface area contributed by atoms with Gasteiger partial charge in [-0.25, -0.2) is 9.18 Å². The Morgan fingerprint density at radius 3 is 2.82 bits per heavy atom. The Labute approximate surface area is 127 Å². The molecule has 4 N–H and O–H groups in total. The van der Waals surface area contributed by atoms with Gasteiger partial charge in [0.2, 0.25) is 12.0 Å². The van der Waals surface area contributed by atoms with Gasteiger partial charge in [-0.3, -0.25) is 9.69 Å². The molecule has 2 aliphatic heterocycles. The first-order chi connectivity index (χ1) is 10.3. The summed E-state index contributed by atoms with van der Waals surface area (Å²) in [7, 11) is 0. The molecule has 0 bridgehead atoms. The molecule has 7 nitrogen and oxygen atoms in total. The largest absolute Gasteiger partial charge is 0.393 e. The average molecular weight is 313 g/mol. The van der Waals surface area contributed by atoms with Crippen molar-refractivity contribution in [1.29, 1.82) is 0 Å². The molecule has 8 heteroatoms. The molecule has 2 amide bonds. The summed E-state index contributed by atoms with van der Waals surface area (Å²) in [6.45, 7) is 3.03. The van der Waals surface area contributed by atoms with E-state index in [9.17, 15) is 19.1 Å². The Morgan fingerprint density at radius 1 is 1.59 bits per heavy atom. The van der Waals surface area contributed by atoms with E-state index in [1.54, 1.807) is 6.08 Å². The number of carbonyl (C=O) groups is 2. The zero-order valence-electron chi connectivity index (χ0n) is 12.4. The first kappa shape index (κ1) is 16.6. The quantitative estimate of drug-likeness (QED) is 0.635. The normalized spacial score (nSPS) is 35.7. The topological polar surface area (TPSA) is 105 Å². The minimum Gasteiger partial charge on any atom is -0.393 e. The maximum Gasteiger partial charge on any atom is 0.325 e. The number of nitrogens with one attached hydrogen (secondary N) is 1. The molecule has 1 saturated heterocycles. The number of hydrogen-bond donors (Lipinski definition) is 3. The lowest BCUT2D eigenvalue weighted by atomic mass is 9.96. The van der Waals surface area contributed by atoms with Crippen molar-refractivity contribution in [2.45, 2.75) is 38.0 Å². The van der Waals surface area contributed by atoms with E-state index in [0.717, 1.165) is 4.90 Å². The van der Waals surface area contributed by atoms with Crippen LogP contribution in [-0.2, 0) is 9.53 Å². The number of allylic oxidation sites excluding steroid dienone is 1. The van der Waals surface area contributed by atoms with Crippen molar-refractivity contribution in [3.8, 4) is 0 Å². The second-order valence-corrected chi connectivity index (χ2v) is 5.65. The van der Waals surface area contributed by atoms with Crippen LogP contribution in [-0.4, -0.2) is 52.6 Å². The standard InChI is InChI=1S/C14H20FN3O4/c1-8(2)3-5-14(7-19)11(20)10(15)12(22-14)18-6-4-9(16)17-13(18)21/h3-6,8-10,12,19H,7,16H2,1-2H3,(H,17,21)/b5-3+/t9?,10-,12-,14-/m1/s1.